The summed E-state index contributed by atoms with van der Waals surface area (Å²) < 4.78 is 0. The van der Waals surface area contributed by atoms with E-state index in [0.29, 0.717) is 0 Å². The summed E-state index contributed by atoms with van der Waals surface area (Å²) in [4.78, 5) is 7.47. The van der Waals surface area contributed by atoms with Gasteiger partial charge in [-0.15, -0.1) is 0 Å². The average molecular weight is 980 g/mol. The zero-order valence-corrected chi connectivity index (χ0v) is 42.1. The Bertz CT molecular complexity index is 3980. The van der Waals surface area contributed by atoms with Crippen molar-refractivity contribution in [1.29, 1.82) is 0 Å². The van der Waals surface area contributed by atoms with Crippen LogP contribution in [-0.2, 0) is 10.8 Å². The molecule has 0 atom stereocenters. The van der Waals surface area contributed by atoms with Crippen molar-refractivity contribution in [3.8, 4) is 33.4 Å². The first-order valence-corrected chi connectivity index (χ1v) is 26.8. The van der Waals surface area contributed by atoms with Gasteiger partial charge in [-0.05, 0) is 151 Å². The molecule has 0 N–H and O–H groups in total. The lowest BCUT2D eigenvalue weighted by molar-refractivity contribution is 0.752. The standard InChI is InChI=1S/C74H49N3/c1-4-24-50(25-5-1)55-30-12-19-39-68(55)75(53-44-46-58-56-31-10-13-33-60(56)73(66(58)48-53)62-35-15-20-40-69(62)76(51-26-6-2-7-27-51)70-41-21-16-36-63(70)73)54-45-47-59-57-32-11-14-34-61(57)74(67(59)49-54)64-37-17-22-42-71(64)77(52-28-8-3-9-29-52)72-43-23-18-38-65(72)74/h1-49H. The minimum Gasteiger partial charge on any atom is -0.310 e. The molecule has 0 fully saturated rings. The number of hydrogen-bond acceptors (Lipinski definition) is 3. The Hall–Kier alpha value is -9.96. The van der Waals surface area contributed by atoms with Crippen molar-refractivity contribution in [2.75, 3.05) is 14.7 Å². The Morgan fingerprint density at radius 3 is 0.961 bits per heavy atom. The molecule has 2 heterocycles. The highest BCUT2D eigenvalue weighted by molar-refractivity contribution is 6.00. The van der Waals surface area contributed by atoms with E-state index in [4.69, 9.17) is 0 Å². The third-order valence-electron chi connectivity index (χ3n) is 17.0. The Morgan fingerprint density at radius 1 is 0.234 bits per heavy atom. The maximum atomic E-state index is 2.55. The van der Waals surface area contributed by atoms with E-state index in [1.165, 1.54) is 89.5 Å². The molecule has 0 unspecified atom stereocenters. The van der Waals surface area contributed by atoms with Crippen molar-refractivity contribution >= 4 is 51.2 Å². The zero-order chi connectivity index (χ0) is 50.7. The summed E-state index contributed by atoms with van der Waals surface area (Å²) >= 11 is 0. The molecule has 12 aromatic carbocycles. The first kappa shape index (κ1) is 43.4. The van der Waals surface area contributed by atoms with Crippen molar-refractivity contribution in [1.82, 2.24) is 0 Å². The monoisotopic (exact) mass is 979 g/mol. The van der Waals surface area contributed by atoms with Crippen molar-refractivity contribution < 1.29 is 0 Å². The highest BCUT2D eigenvalue weighted by atomic mass is 15.2. The number of para-hydroxylation sites is 7. The zero-order valence-electron chi connectivity index (χ0n) is 42.1. The van der Waals surface area contributed by atoms with E-state index in [9.17, 15) is 0 Å². The first-order chi connectivity index (χ1) is 38.2. The van der Waals surface area contributed by atoms with Crippen molar-refractivity contribution in [3.63, 3.8) is 0 Å². The molecular formula is C74H49N3. The molecule has 4 aliphatic rings. The molecule has 0 amide bonds. The predicted octanol–water partition coefficient (Wildman–Crippen LogP) is 19.1. The van der Waals surface area contributed by atoms with Crippen molar-refractivity contribution in [2.45, 2.75) is 10.8 Å². The van der Waals surface area contributed by atoms with Crippen LogP contribution in [0.25, 0.3) is 33.4 Å². The molecule has 360 valence electrons. The van der Waals surface area contributed by atoms with Crippen LogP contribution < -0.4 is 14.7 Å². The first-order valence-electron chi connectivity index (χ1n) is 26.8. The fourth-order valence-electron chi connectivity index (χ4n) is 14.1. The quantitative estimate of drug-likeness (QED) is 0.164. The van der Waals surface area contributed by atoms with E-state index in [1.54, 1.807) is 0 Å². The van der Waals surface area contributed by atoms with Gasteiger partial charge in [0.05, 0.1) is 39.3 Å². The second-order valence-electron chi connectivity index (χ2n) is 20.7. The SMILES string of the molecule is c1ccc(-c2ccccc2N(c2ccc3c(c2)C2(c4ccccc4-3)c3ccccc3N(c3ccccc3)c3ccccc32)c2ccc3c(c2)C2(c4ccccc4-3)c3ccccc3N(c3ccccc3)c3ccccc32)cc1. The van der Waals surface area contributed by atoms with Crippen LogP contribution in [0.1, 0.15) is 44.5 Å². The Morgan fingerprint density at radius 2 is 0.545 bits per heavy atom. The minimum absolute atomic E-state index is 0.630. The Labute approximate surface area is 449 Å². The highest BCUT2D eigenvalue weighted by Gasteiger charge is 2.54. The molecule has 3 heteroatoms. The van der Waals surface area contributed by atoms with Crippen LogP contribution in [0.4, 0.5) is 51.2 Å². The lowest BCUT2D eigenvalue weighted by Crippen LogP contribution is -2.36. The van der Waals surface area contributed by atoms with Crippen molar-refractivity contribution in [3.05, 3.63) is 342 Å². The molecular weight excluding hydrogens is 931 g/mol. The van der Waals surface area contributed by atoms with E-state index in [-0.39, 0.29) is 0 Å². The van der Waals surface area contributed by atoms with E-state index in [0.717, 1.165) is 39.6 Å². The number of benzene rings is 12. The van der Waals surface area contributed by atoms with Gasteiger partial charge in [-0.1, -0.05) is 218 Å². The number of nitrogens with zero attached hydrogens (tertiary/aromatic N) is 3. The maximum absolute atomic E-state index is 2.55. The van der Waals surface area contributed by atoms with Crippen molar-refractivity contribution in [2.24, 2.45) is 0 Å². The number of hydrogen-bond donors (Lipinski definition) is 0. The van der Waals surface area contributed by atoms with E-state index < -0.39 is 10.8 Å². The van der Waals surface area contributed by atoms with Gasteiger partial charge in [0.15, 0.2) is 0 Å². The fraction of sp³-hybridized carbons (Fsp3) is 0.0270. The Balaban J connectivity index is 0.978. The molecule has 0 saturated heterocycles. The normalized spacial score (nSPS) is 14.1. The van der Waals surface area contributed by atoms with Gasteiger partial charge < -0.3 is 14.7 Å². The molecule has 2 aliphatic heterocycles. The van der Waals surface area contributed by atoms with Crippen LogP contribution in [0.5, 0.6) is 0 Å². The van der Waals surface area contributed by atoms with Gasteiger partial charge in [-0.25, -0.2) is 0 Å². The van der Waals surface area contributed by atoms with Gasteiger partial charge >= 0.3 is 0 Å². The molecule has 0 radical (unpaired) electrons. The molecule has 2 spiro atoms. The summed E-state index contributed by atoms with van der Waals surface area (Å²) in [7, 11) is 0. The Kier molecular flexibility index (Phi) is 9.47. The largest absolute Gasteiger partial charge is 0.310 e. The molecule has 3 nitrogen and oxygen atoms in total. The van der Waals surface area contributed by atoms with E-state index in [1.807, 2.05) is 0 Å². The second kappa shape index (κ2) is 16.8. The predicted molar refractivity (Wildman–Crippen MR) is 318 cm³/mol. The third-order valence-corrected chi connectivity index (χ3v) is 17.0. The van der Waals surface area contributed by atoms with Crippen LogP contribution in [0.2, 0.25) is 0 Å². The molecule has 0 aromatic heterocycles. The summed E-state index contributed by atoms with van der Waals surface area (Å²) in [6.07, 6.45) is 0. The van der Waals surface area contributed by atoms with Gasteiger partial charge in [-0.2, -0.15) is 0 Å². The molecule has 2 aliphatic carbocycles. The van der Waals surface area contributed by atoms with Crippen LogP contribution in [0.3, 0.4) is 0 Å². The lowest BCUT2D eigenvalue weighted by Gasteiger charge is -2.45. The maximum Gasteiger partial charge on any atom is 0.0755 e. The summed E-state index contributed by atoms with van der Waals surface area (Å²) in [6, 6.07) is 111. The molecule has 0 bridgehead atoms. The summed E-state index contributed by atoms with van der Waals surface area (Å²) in [5, 5.41) is 0. The molecule has 0 saturated carbocycles. The number of fused-ring (bicyclic) bond motifs is 18. The third kappa shape index (κ3) is 5.97. The van der Waals surface area contributed by atoms with Gasteiger partial charge in [-0.3, -0.25) is 0 Å². The van der Waals surface area contributed by atoms with Gasteiger partial charge in [0.2, 0.25) is 0 Å². The molecule has 16 rings (SSSR count). The molecule has 77 heavy (non-hydrogen) atoms. The average Bonchev–Trinajstić information content (AvgIpc) is 3.40. The summed E-state index contributed by atoms with van der Waals surface area (Å²) in [6.45, 7) is 0. The van der Waals surface area contributed by atoms with Crippen LogP contribution in [0, 0.1) is 0 Å². The highest BCUT2D eigenvalue weighted by Crippen LogP contribution is 2.66. The van der Waals surface area contributed by atoms with Crippen LogP contribution in [0.15, 0.2) is 297 Å². The van der Waals surface area contributed by atoms with E-state index >= 15 is 0 Å². The van der Waals surface area contributed by atoms with Crippen LogP contribution in [-0.4, -0.2) is 0 Å². The number of anilines is 9. The lowest BCUT2D eigenvalue weighted by atomic mass is 9.64. The fourth-order valence-corrected chi connectivity index (χ4v) is 14.1. The number of rotatable bonds is 6. The van der Waals surface area contributed by atoms with Crippen LogP contribution >= 0.6 is 0 Å². The van der Waals surface area contributed by atoms with Gasteiger partial charge in [0, 0.05) is 28.3 Å². The molecule has 12 aromatic rings. The second-order valence-corrected chi connectivity index (χ2v) is 20.7. The summed E-state index contributed by atoms with van der Waals surface area (Å²) in [5.41, 5.74) is 26.5. The smallest absolute Gasteiger partial charge is 0.0755 e. The summed E-state index contributed by atoms with van der Waals surface area (Å²) in [5.74, 6) is 0. The van der Waals surface area contributed by atoms with Gasteiger partial charge in [0.1, 0.15) is 0 Å². The van der Waals surface area contributed by atoms with E-state index in [2.05, 4.69) is 312 Å². The minimum atomic E-state index is -0.630. The van der Waals surface area contributed by atoms with Gasteiger partial charge in [0.25, 0.3) is 0 Å². The topological polar surface area (TPSA) is 9.72 Å².